The van der Waals surface area contributed by atoms with Crippen molar-refractivity contribution < 1.29 is 9.53 Å². The number of para-hydroxylation sites is 1. The third kappa shape index (κ3) is 3.97. The fourth-order valence-corrected chi connectivity index (χ4v) is 3.58. The highest BCUT2D eigenvalue weighted by Crippen LogP contribution is 2.26. The highest BCUT2D eigenvalue weighted by atomic mass is 16.5. The second-order valence-electron chi connectivity index (χ2n) is 6.99. The summed E-state index contributed by atoms with van der Waals surface area (Å²) >= 11 is 0. The summed E-state index contributed by atoms with van der Waals surface area (Å²) in [5.41, 5.74) is 3.67. The third-order valence-electron chi connectivity index (χ3n) is 4.96. The number of rotatable bonds is 4. The molecule has 2 aromatic rings. The molecule has 1 N–H and O–H groups in total. The van der Waals surface area contributed by atoms with Crippen LogP contribution in [-0.2, 0) is 11.3 Å². The minimum atomic E-state index is -0.102. The van der Waals surface area contributed by atoms with Crippen LogP contribution in [0.5, 0.6) is 5.75 Å². The number of carbonyl (C=O) groups is 1. The molecule has 1 amide bonds. The Balaban J connectivity index is 1.43. The van der Waals surface area contributed by atoms with E-state index in [1.54, 1.807) is 0 Å². The Labute approximate surface area is 154 Å². The fourth-order valence-electron chi connectivity index (χ4n) is 3.58. The van der Waals surface area contributed by atoms with E-state index in [4.69, 9.17) is 4.74 Å². The zero-order valence-electron chi connectivity index (χ0n) is 14.9. The van der Waals surface area contributed by atoms with Crippen LogP contribution < -0.4 is 10.1 Å². The minimum Gasteiger partial charge on any atom is -0.488 e. The summed E-state index contributed by atoms with van der Waals surface area (Å²) in [6.45, 7) is 3.58. The molecule has 0 unspecified atom stereocenters. The molecule has 0 atom stereocenters. The molecule has 2 aromatic carbocycles. The summed E-state index contributed by atoms with van der Waals surface area (Å²) in [7, 11) is 0. The molecule has 0 saturated carbocycles. The number of anilines is 1. The molecule has 1 saturated heterocycles. The first-order valence-corrected chi connectivity index (χ1v) is 9.33. The summed E-state index contributed by atoms with van der Waals surface area (Å²) in [5, 5.41) is 3.01. The number of carbonyl (C=O) groups excluding carboxylic acids is 1. The Morgan fingerprint density at radius 2 is 1.88 bits per heavy atom. The molecule has 4 nitrogen and oxygen atoms in total. The number of nitrogens with one attached hydrogen (secondary N) is 1. The first-order chi connectivity index (χ1) is 12.8. The van der Waals surface area contributed by atoms with Crippen molar-refractivity contribution >= 4 is 17.7 Å². The van der Waals surface area contributed by atoms with Crippen molar-refractivity contribution in [2.24, 2.45) is 0 Å². The zero-order chi connectivity index (χ0) is 17.8. The Kier molecular flexibility index (Phi) is 5.02. The van der Waals surface area contributed by atoms with Crippen molar-refractivity contribution in [3.8, 4) is 5.75 Å². The number of likely N-dealkylation sites (tertiary alicyclic amines) is 1. The third-order valence-corrected chi connectivity index (χ3v) is 4.96. The van der Waals surface area contributed by atoms with Crippen LogP contribution in [0.4, 0.5) is 5.69 Å². The molecular formula is C22H24N2O2. The van der Waals surface area contributed by atoms with E-state index in [2.05, 4.69) is 22.3 Å². The van der Waals surface area contributed by atoms with Crippen molar-refractivity contribution in [1.82, 2.24) is 4.90 Å². The lowest BCUT2D eigenvalue weighted by Crippen LogP contribution is -2.29. The van der Waals surface area contributed by atoms with Crippen LogP contribution in [0.2, 0.25) is 0 Å². The molecule has 0 aliphatic carbocycles. The van der Waals surface area contributed by atoms with Gasteiger partial charge in [-0.05, 0) is 55.8 Å². The number of nitrogens with zero attached hydrogens (tertiary/aromatic N) is 1. The van der Waals surface area contributed by atoms with Gasteiger partial charge in [0.05, 0.1) is 5.57 Å². The minimum absolute atomic E-state index is 0.102. The van der Waals surface area contributed by atoms with Crippen LogP contribution in [0.15, 0.2) is 54.1 Å². The van der Waals surface area contributed by atoms with Gasteiger partial charge in [-0.25, -0.2) is 0 Å². The molecule has 0 spiro atoms. The lowest BCUT2D eigenvalue weighted by molar-refractivity contribution is -0.113. The number of hydrogen-bond acceptors (Lipinski definition) is 3. The van der Waals surface area contributed by atoms with Crippen LogP contribution in [0.3, 0.4) is 0 Å². The second kappa shape index (κ2) is 7.75. The molecular weight excluding hydrogens is 324 g/mol. The van der Waals surface area contributed by atoms with Crippen molar-refractivity contribution in [2.75, 3.05) is 25.0 Å². The van der Waals surface area contributed by atoms with Gasteiger partial charge in [0, 0.05) is 17.8 Å². The van der Waals surface area contributed by atoms with Gasteiger partial charge in [-0.3, -0.25) is 9.69 Å². The average Bonchev–Trinajstić information content (AvgIpc) is 2.68. The van der Waals surface area contributed by atoms with Crippen LogP contribution >= 0.6 is 0 Å². The first-order valence-electron chi connectivity index (χ1n) is 9.33. The van der Waals surface area contributed by atoms with Gasteiger partial charge in [0.2, 0.25) is 0 Å². The smallest absolute Gasteiger partial charge is 0.255 e. The van der Waals surface area contributed by atoms with E-state index < -0.39 is 0 Å². The zero-order valence-corrected chi connectivity index (χ0v) is 14.9. The average molecular weight is 348 g/mol. The quantitative estimate of drug-likeness (QED) is 0.905. The Morgan fingerprint density at radius 1 is 1.04 bits per heavy atom. The van der Waals surface area contributed by atoms with Gasteiger partial charge in [-0.1, -0.05) is 36.8 Å². The summed E-state index contributed by atoms with van der Waals surface area (Å²) < 4.78 is 5.68. The standard InChI is InChI=1S/C22H24N2O2/c25-22(19-14-18-8-2-3-10-21(18)26-16-19)23-20-9-6-7-17(13-20)15-24-11-4-1-5-12-24/h2-3,6-10,13-14H,1,4-5,11-12,15-16H2,(H,23,25). The number of hydrogen-bond donors (Lipinski definition) is 1. The van der Waals surface area contributed by atoms with Crippen molar-refractivity contribution in [3.63, 3.8) is 0 Å². The maximum atomic E-state index is 12.6. The highest BCUT2D eigenvalue weighted by Gasteiger charge is 2.17. The summed E-state index contributed by atoms with van der Waals surface area (Å²) in [6.07, 6.45) is 5.82. The van der Waals surface area contributed by atoms with Gasteiger partial charge in [0.25, 0.3) is 5.91 Å². The first kappa shape index (κ1) is 16.9. The predicted octanol–water partition coefficient (Wildman–Crippen LogP) is 4.09. The van der Waals surface area contributed by atoms with Crippen molar-refractivity contribution in [2.45, 2.75) is 25.8 Å². The monoisotopic (exact) mass is 348 g/mol. The van der Waals surface area contributed by atoms with Gasteiger partial charge in [0.15, 0.2) is 0 Å². The second-order valence-corrected chi connectivity index (χ2v) is 6.99. The topological polar surface area (TPSA) is 41.6 Å². The molecule has 1 fully saturated rings. The van der Waals surface area contributed by atoms with E-state index in [0.717, 1.165) is 23.5 Å². The Bertz CT molecular complexity index is 822. The highest BCUT2D eigenvalue weighted by molar-refractivity contribution is 6.07. The van der Waals surface area contributed by atoms with Crippen LogP contribution in [0.1, 0.15) is 30.4 Å². The summed E-state index contributed by atoms with van der Waals surface area (Å²) in [5.74, 6) is 0.724. The SMILES string of the molecule is O=C(Nc1cccc(CN2CCCCC2)c1)C1=Cc2ccccc2OC1. The molecule has 4 rings (SSSR count). The Hall–Kier alpha value is -2.59. The Morgan fingerprint density at radius 3 is 2.77 bits per heavy atom. The number of benzene rings is 2. The van der Waals surface area contributed by atoms with E-state index in [1.807, 2.05) is 42.5 Å². The molecule has 26 heavy (non-hydrogen) atoms. The van der Waals surface area contributed by atoms with E-state index in [0.29, 0.717) is 12.2 Å². The summed E-state index contributed by atoms with van der Waals surface area (Å²) in [4.78, 5) is 15.1. The van der Waals surface area contributed by atoms with Crippen LogP contribution in [-0.4, -0.2) is 30.5 Å². The van der Waals surface area contributed by atoms with E-state index in [-0.39, 0.29) is 5.91 Å². The van der Waals surface area contributed by atoms with Gasteiger partial charge in [0.1, 0.15) is 12.4 Å². The molecule has 2 aliphatic heterocycles. The van der Waals surface area contributed by atoms with Gasteiger partial charge < -0.3 is 10.1 Å². The molecule has 0 radical (unpaired) electrons. The molecule has 0 aromatic heterocycles. The lowest BCUT2D eigenvalue weighted by atomic mass is 10.1. The van der Waals surface area contributed by atoms with E-state index in [1.165, 1.54) is 37.9 Å². The van der Waals surface area contributed by atoms with Crippen LogP contribution in [0.25, 0.3) is 6.08 Å². The molecule has 0 bridgehead atoms. The summed E-state index contributed by atoms with van der Waals surface area (Å²) in [6, 6.07) is 15.9. The molecule has 2 heterocycles. The van der Waals surface area contributed by atoms with E-state index in [9.17, 15) is 4.79 Å². The number of piperidine rings is 1. The van der Waals surface area contributed by atoms with Crippen LogP contribution in [0, 0.1) is 0 Å². The maximum Gasteiger partial charge on any atom is 0.255 e. The predicted molar refractivity (Wildman–Crippen MR) is 104 cm³/mol. The van der Waals surface area contributed by atoms with Crippen molar-refractivity contribution in [3.05, 3.63) is 65.2 Å². The molecule has 134 valence electrons. The maximum absolute atomic E-state index is 12.6. The fraction of sp³-hybridized carbons (Fsp3) is 0.318. The van der Waals surface area contributed by atoms with Gasteiger partial charge in [-0.2, -0.15) is 0 Å². The number of fused-ring (bicyclic) bond motifs is 1. The van der Waals surface area contributed by atoms with Crippen molar-refractivity contribution in [1.29, 1.82) is 0 Å². The lowest BCUT2D eigenvalue weighted by Gasteiger charge is -2.26. The largest absolute Gasteiger partial charge is 0.488 e. The normalized spacial score (nSPS) is 17.0. The number of amides is 1. The molecule has 2 aliphatic rings. The van der Waals surface area contributed by atoms with Gasteiger partial charge in [-0.15, -0.1) is 0 Å². The van der Waals surface area contributed by atoms with E-state index >= 15 is 0 Å². The molecule has 4 heteroatoms. The number of ether oxygens (including phenoxy) is 1. The van der Waals surface area contributed by atoms with Gasteiger partial charge >= 0.3 is 0 Å².